The Balaban J connectivity index is 1.05. The maximum absolute atomic E-state index is 6.37. The number of fused-ring (bicyclic) bond motifs is 10. The first-order valence-corrected chi connectivity index (χ1v) is 23.4. The molecule has 0 aliphatic heterocycles. The van der Waals surface area contributed by atoms with Gasteiger partial charge in [0.1, 0.15) is 11.2 Å². The van der Waals surface area contributed by atoms with E-state index >= 15 is 0 Å². The molecule has 0 atom stereocenters. The molecule has 0 amide bonds. The van der Waals surface area contributed by atoms with Gasteiger partial charge in [0.05, 0.1) is 16.7 Å². The molecule has 13 aromatic rings. The number of hydrogen-bond acceptors (Lipinski definition) is 4. The summed E-state index contributed by atoms with van der Waals surface area (Å²) in [6.07, 6.45) is 1.71. The number of nitrogens with zero attached hydrogens (tertiary/aromatic N) is 5. The fraction of sp³-hybridized carbons (Fsp3) is 0.0317. The lowest BCUT2D eigenvalue weighted by Gasteiger charge is -2.24. The van der Waals surface area contributed by atoms with Crippen LogP contribution in [0.1, 0.15) is 11.4 Å². The Hall–Kier alpha value is -9.31. The molecule has 4 aromatic heterocycles. The van der Waals surface area contributed by atoms with Crippen molar-refractivity contribution < 1.29 is 4.42 Å². The van der Waals surface area contributed by atoms with Crippen LogP contribution < -0.4 is 0 Å². The summed E-state index contributed by atoms with van der Waals surface area (Å²) >= 11 is 0. The van der Waals surface area contributed by atoms with Crippen molar-refractivity contribution in [3.63, 3.8) is 0 Å². The summed E-state index contributed by atoms with van der Waals surface area (Å²) in [6, 6.07) is 81.3. The van der Waals surface area contributed by atoms with Crippen LogP contribution in [0.3, 0.4) is 0 Å². The van der Waals surface area contributed by atoms with Crippen molar-refractivity contribution in [3.05, 3.63) is 236 Å². The molecular formula is C63H39N5O. The highest BCUT2D eigenvalue weighted by Crippen LogP contribution is 2.50. The van der Waals surface area contributed by atoms with Gasteiger partial charge >= 0.3 is 0 Å². The van der Waals surface area contributed by atoms with Gasteiger partial charge in [-0.3, -0.25) is 0 Å². The van der Waals surface area contributed by atoms with Crippen molar-refractivity contribution in [2.45, 2.75) is 12.8 Å². The van der Waals surface area contributed by atoms with Gasteiger partial charge in [-0.2, -0.15) is 0 Å². The molecule has 4 heterocycles. The van der Waals surface area contributed by atoms with Crippen molar-refractivity contribution in [2.24, 2.45) is 0 Å². The van der Waals surface area contributed by atoms with Gasteiger partial charge in [-0.15, -0.1) is 0 Å². The normalized spacial score (nSPS) is 12.1. The highest BCUT2D eigenvalue weighted by molar-refractivity contribution is 6.11. The van der Waals surface area contributed by atoms with Crippen molar-refractivity contribution in [1.29, 1.82) is 0 Å². The minimum Gasteiger partial charge on any atom is -0.456 e. The quantitative estimate of drug-likeness (QED) is 0.160. The predicted molar refractivity (Wildman–Crippen MR) is 278 cm³/mol. The maximum atomic E-state index is 6.37. The molecule has 0 N–H and O–H groups in total. The smallest absolute Gasteiger partial charge is 0.164 e. The van der Waals surface area contributed by atoms with E-state index in [9.17, 15) is 0 Å². The first kappa shape index (κ1) is 38.9. The Morgan fingerprint density at radius 2 is 0.957 bits per heavy atom. The first-order valence-electron chi connectivity index (χ1n) is 23.4. The molecule has 9 aromatic carbocycles. The molecule has 0 spiro atoms. The molecule has 322 valence electrons. The summed E-state index contributed by atoms with van der Waals surface area (Å²) in [5.74, 6) is 1.71. The van der Waals surface area contributed by atoms with Crippen LogP contribution in [0.15, 0.2) is 217 Å². The number of para-hydroxylation sites is 4. The summed E-state index contributed by atoms with van der Waals surface area (Å²) < 4.78 is 11.4. The van der Waals surface area contributed by atoms with E-state index in [1.54, 1.807) is 0 Å². The Labute approximate surface area is 398 Å². The van der Waals surface area contributed by atoms with Gasteiger partial charge in [0.2, 0.25) is 0 Å². The van der Waals surface area contributed by atoms with Crippen LogP contribution in [0.5, 0.6) is 0 Å². The van der Waals surface area contributed by atoms with Gasteiger partial charge in [-0.25, -0.2) is 15.0 Å². The van der Waals surface area contributed by atoms with E-state index < -0.39 is 0 Å². The topological polar surface area (TPSA) is 61.7 Å². The first-order chi connectivity index (χ1) is 34.2. The molecule has 1 aliphatic rings. The Morgan fingerprint density at radius 1 is 0.406 bits per heavy atom. The van der Waals surface area contributed by atoms with Crippen LogP contribution in [0, 0.1) is 12.1 Å². The van der Waals surface area contributed by atoms with E-state index in [0.717, 1.165) is 84.9 Å². The molecule has 0 saturated heterocycles. The average Bonchev–Trinajstić information content (AvgIpc) is 4.09. The second-order valence-electron chi connectivity index (χ2n) is 17.7. The van der Waals surface area contributed by atoms with E-state index in [1.165, 1.54) is 44.5 Å². The molecule has 14 rings (SSSR count). The molecule has 0 fully saturated rings. The molecule has 6 heteroatoms. The fourth-order valence-electron chi connectivity index (χ4n) is 10.8. The van der Waals surface area contributed by atoms with E-state index in [1.807, 2.05) is 66.7 Å². The molecule has 0 bridgehead atoms. The largest absolute Gasteiger partial charge is 0.456 e. The Bertz CT molecular complexity index is 4050. The summed E-state index contributed by atoms with van der Waals surface area (Å²) in [4.78, 5) is 15.8. The number of furan rings is 1. The highest BCUT2D eigenvalue weighted by atomic mass is 16.3. The Kier molecular flexibility index (Phi) is 8.83. The van der Waals surface area contributed by atoms with Crippen LogP contribution >= 0.6 is 0 Å². The zero-order valence-corrected chi connectivity index (χ0v) is 37.3. The summed E-state index contributed by atoms with van der Waals surface area (Å²) in [5.41, 5.74) is 18.1. The third-order valence-electron chi connectivity index (χ3n) is 13.7. The maximum Gasteiger partial charge on any atom is 0.164 e. The van der Waals surface area contributed by atoms with Crippen molar-refractivity contribution in [3.8, 4) is 78.9 Å². The number of hydrogen-bond donors (Lipinski definition) is 0. The summed E-state index contributed by atoms with van der Waals surface area (Å²) in [5, 5.41) is 4.60. The van der Waals surface area contributed by atoms with Crippen LogP contribution in [-0.4, -0.2) is 24.1 Å². The van der Waals surface area contributed by atoms with Crippen LogP contribution in [0.2, 0.25) is 0 Å². The predicted octanol–water partition coefficient (Wildman–Crippen LogP) is 15.4. The third-order valence-corrected chi connectivity index (χ3v) is 13.7. The fourth-order valence-corrected chi connectivity index (χ4v) is 10.8. The van der Waals surface area contributed by atoms with Crippen molar-refractivity contribution in [1.82, 2.24) is 24.1 Å². The van der Waals surface area contributed by atoms with E-state index in [2.05, 4.69) is 167 Å². The molecule has 0 radical (unpaired) electrons. The van der Waals surface area contributed by atoms with E-state index in [-0.39, 0.29) is 0 Å². The molecular weight excluding hydrogens is 843 g/mol. The van der Waals surface area contributed by atoms with E-state index in [0.29, 0.717) is 17.5 Å². The van der Waals surface area contributed by atoms with Gasteiger partial charge in [0, 0.05) is 83.1 Å². The number of rotatable bonds is 7. The summed E-state index contributed by atoms with van der Waals surface area (Å²) in [6.45, 7) is 0. The highest BCUT2D eigenvalue weighted by Gasteiger charge is 2.32. The average molecular weight is 882 g/mol. The Morgan fingerprint density at radius 3 is 1.65 bits per heavy atom. The van der Waals surface area contributed by atoms with Crippen LogP contribution in [-0.2, 0) is 12.8 Å². The molecule has 69 heavy (non-hydrogen) atoms. The molecule has 0 saturated carbocycles. The number of benzene rings is 8. The molecule has 0 unspecified atom stereocenters. The lowest BCUT2D eigenvalue weighted by molar-refractivity contribution is 0.669. The SMILES string of the molecule is c1cccc(-c2cc(-c3nc(-c4ccccc4)nc(-c4ccc5c(c4)oc4ccccc45)n3)cc(-c3ccccc3)c2-n2c3c(c4ccccc42)-c2c(n(-c4ccccc4)c4ccccc24)CC3)c#1. The lowest BCUT2D eigenvalue weighted by Crippen LogP contribution is -2.12. The third kappa shape index (κ3) is 6.25. The van der Waals surface area contributed by atoms with Gasteiger partial charge in [0.15, 0.2) is 17.5 Å². The monoisotopic (exact) mass is 881 g/mol. The van der Waals surface area contributed by atoms with Crippen molar-refractivity contribution in [2.75, 3.05) is 0 Å². The number of aromatic nitrogens is 5. The van der Waals surface area contributed by atoms with Gasteiger partial charge in [-0.1, -0.05) is 158 Å². The second kappa shape index (κ2) is 15.7. The lowest BCUT2D eigenvalue weighted by atomic mass is 9.90. The summed E-state index contributed by atoms with van der Waals surface area (Å²) in [7, 11) is 0. The minimum atomic E-state index is 0.559. The standard InChI is InChI=1S/C63H39N5O/c1-5-19-40(20-6-1)50-37-44(63-65-61(42-23-9-3-10-24-42)64-62(66-63)43-33-34-47-46-27-15-18-32-56(46)69-57(47)39-43)38-51(41-21-7-2-8-22-41)60(50)68-53-31-17-14-29-49(53)59-55(68)36-35-54-58(59)48-28-13-16-30-52(48)67(54)45-25-11-4-12-26-45/h1-7,9-21,23-34,37-39H,35-36H2. The minimum absolute atomic E-state index is 0.559. The van der Waals surface area contributed by atoms with Gasteiger partial charge < -0.3 is 13.6 Å². The van der Waals surface area contributed by atoms with Crippen molar-refractivity contribution >= 4 is 43.7 Å². The zero-order chi connectivity index (χ0) is 45.4. The van der Waals surface area contributed by atoms with Gasteiger partial charge in [0.25, 0.3) is 0 Å². The van der Waals surface area contributed by atoms with E-state index in [4.69, 9.17) is 19.4 Å². The van der Waals surface area contributed by atoms with Crippen LogP contribution in [0.4, 0.5) is 0 Å². The second-order valence-corrected chi connectivity index (χ2v) is 17.7. The zero-order valence-electron chi connectivity index (χ0n) is 37.3. The van der Waals surface area contributed by atoms with Crippen LogP contribution in [0.25, 0.3) is 123 Å². The van der Waals surface area contributed by atoms with Gasteiger partial charge in [-0.05, 0) is 85.1 Å². The molecule has 6 nitrogen and oxygen atoms in total. The molecule has 1 aliphatic carbocycles.